The van der Waals surface area contributed by atoms with E-state index in [1.165, 1.54) is 37.7 Å². The molecule has 1 aromatic carbocycles. The van der Waals surface area contributed by atoms with Crippen LogP contribution in [0.25, 0.3) is 0 Å². The van der Waals surface area contributed by atoms with E-state index in [0.29, 0.717) is 6.61 Å². The molecule has 1 nitrogen and oxygen atoms in total. The summed E-state index contributed by atoms with van der Waals surface area (Å²) in [6, 6.07) is 7.96. The Morgan fingerprint density at radius 1 is 1.24 bits per heavy atom. The van der Waals surface area contributed by atoms with Crippen molar-refractivity contribution in [3.63, 3.8) is 0 Å². The third kappa shape index (κ3) is 3.83. The fourth-order valence-corrected chi connectivity index (χ4v) is 3.57. The molecule has 1 aromatic rings. The third-order valence-electron chi connectivity index (χ3n) is 3.44. The van der Waals surface area contributed by atoms with E-state index in [2.05, 4.69) is 28.7 Å². The number of benzene rings is 1. The van der Waals surface area contributed by atoms with Gasteiger partial charge in [-0.1, -0.05) is 65.6 Å². The lowest BCUT2D eigenvalue weighted by atomic mass is 9.86. The molecule has 2 rings (SSSR count). The molecule has 1 aliphatic rings. The van der Waals surface area contributed by atoms with Crippen LogP contribution in [0.4, 0.5) is 0 Å². The van der Waals surface area contributed by atoms with Crippen molar-refractivity contribution in [2.24, 2.45) is 0 Å². The Hall–Kier alpha value is 0.200. The van der Waals surface area contributed by atoms with Crippen LogP contribution in [0.5, 0.6) is 0 Å². The minimum atomic E-state index is 0.112. The summed E-state index contributed by atoms with van der Waals surface area (Å²) in [5.74, 6) is 0. The minimum absolute atomic E-state index is 0.112. The molecule has 0 unspecified atom stereocenters. The fraction of sp³-hybridized carbons (Fsp3) is 0.571. The van der Waals surface area contributed by atoms with Gasteiger partial charge in [0, 0.05) is 9.45 Å². The molecule has 0 radical (unpaired) electrons. The summed E-state index contributed by atoms with van der Waals surface area (Å²) in [6.07, 6.45) is 6.38. The van der Waals surface area contributed by atoms with Crippen LogP contribution in [0.1, 0.15) is 37.7 Å². The van der Waals surface area contributed by atoms with E-state index < -0.39 is 0 Å². The van der Waals surface area contributed by atoms with Crippen molar-refractivity contribution in [2.75, 3.05) is 4.43 Å². The highest BCUT2D eigenvalue weighted by Crippen LogP contribution is 2.34. The Kier molecular flexibility index (Phi) is 5.12. The normalized spacial score (nSPS) is 19.2. The van der Waals surface area contributed by atoms with E-state index in [4.69, 9.17) is 16.3 Å². The van der Waals surface area contributed by atoms with Crippen LogP contribution in [0, 0.1) is 0 Å². The summed E-state index contributed by atoms with van der Waals surface area (Å²) in [4.78, 5) is 0. The molecule has 0 amide bonds. The van der Waals surface area contributed by atoms with Crippen molar-refractivity contribution >= 4 is 34.2 Å². The number of rotatable bonds is 4. The van der Waals surface area contributed by atoms with Gasteiger partial charge in [-0.3, -0.25) is 0 Å². The summed E-state index contributed by atoms with van der Waals surface area (Å²) in [7, 11) is 0. The van der Waals surface area contributed by atoms with E-state index in [1.54, 1.807) is 0 Å². The van der Waals surface area contributed by atoms with Crippen molar-refractivity contribution in [3.8, 4) is 0 Å². The summed E-state index contributed by atoms with van der Waals surface area (Å²) in [5, 5.41) is 0.790. The fourth-order valence-electron chi connectivity index (χ4n) is 2.38. The van der Waals surface area contributed by atoms with E-state index >= 15 is 0 Å². The predicted octanol–water partition coefficient (Wildman–Crippen LogP) is 4.99. The summed E-state index contributed by atoms with van der Waals surface area (Å²) in [5.41, 5.74) is 1.29. The summed E-state index contributed by atoms with van der Waals surface area (Å²) in [6.45, 7) is 0.684. The molecule has 0 aromatic heterocycles. The highest BCUT2D eigenvalue weighted by atomic mass is 127. The second-order valence-electron chi connectivity index (χ2n) is 4.80. The second-order valence-corrected chi connectivity index (χ2v) is 6.00. The van der Waals surface area contributed by atoms with Crippen molar-refractivity contribution in [1.29, 1.82) is 0 Å². The van der Waals surface area contributed by atoms with Gasteiger partial charge in [0.15, 0.2) is 0 Å². The Morgan fingerprint density at radius 2 is 2.00 bits per heavy atom. The highest BCUT2D eigenvalue weighted by Gasteiger charge is 2.31. The molecule has 0 bridgehead atoms. The summed E-state index contributed by atoms with van der Waals surface area (Å²) < 4.78 is 7.28. The minimum Gasteiger partial charge on any atom is -0.370 e. The first-order valence-electron chi connectivity index (χ1n) is 6.18. The molecule has 0 heterocycles. The molecule has 0 saturated heterocycles. The monoisotopic (exact) mass is 364 g/mol. The van der Waals surface area contributed by atoms with Gasteiger partial charge < -0.3 is 4.74 Å². The maximum atomic E-state index is 6.19. The van der Waals surface area contributed by atoms with Gasteiger partial charge in [-0.2, -0.15) is 0 Å². The molecule has 1 aliphatic carbocycles. The lowest BCUT2D eigenvalue weighted by Crippen LogP contribution is -2.36. The van der Waals surface area contributed by atoms with Crippen molar-refractivity contribution in [2.45, 2.75) is 44.3 Å². The van der Waals surface area contributed by atoms with Gasteiger partial charge in [0.05, 0.1) is 12.2 Å². The van der Waals surface area contributed by atoms with Gasteiger partial charge in [-0.05, 0) is 30.5 Å². The molecular weight excluding hydrogens is 347 g/mol. The number of hydrogen-bond donors (Lipinski definition) is 0. The zero-order valence-electron chi connectivity index (χ0n) is 9.92. The van der Waals surface area contributed by atoms with Crippen molar-refractivity contribution in [1.82, 2.24) is 0 Å². The molecule has 0 N–H and O–H groups in total. The maximum Gasteiger partial charge on any atom is 0.0776 e. The Labute approximate surface area is 122 Å². The Bertz CT molecular complexity index is 361. The average Bonchev–Trinajstić information content (AvgIpc) is 2.38. The molecule has 17 heavy (non-hydrogen) atoms. The van der Waals surface area contributed by atoms with Crippen LogP contribution in [-0.4, -0.2) is 10.0 Å². The van der Waals surface area contributed by atoms with Gasteiger partial charge in [0.25, 0.3) is 0 Å². The maximum absolute atomic E-state index is 6.19. The Balaban J connectivity index is 1.95. The van der Waals surface area contributed by atoms with Gasteiger partial charge in [0.1, 0.15) is 0 Å². The van der Waals surface area contributed by atoms with E-state index in [0.717, 1.165) is 9.45 Å². The quantitative estimate of drug-likeness (QED) is 0.540. The van der Waals surface area contributed by atoms with Crippen LogP contribution in [0.3, 0.4) is 0 Å². The number of ether oxygens (including phenoxy) is 1. The third-order valence-corrected chi connectivity index (χ3v) is 5.07. The Morgan fingerprint density at radius 3 is 2.65 bits per heavy atom. The van der Waals surface area contributed by atoms with Crippen molar-refractivity contribution in [3.05, 3.63) is 34.9 Å². The molecule has 1 saturated carbocycles. The topological polar surface area (TPSA) is 9.23 Å². The molecular formula is C14H18ClIO. The summed E-state index contributed by atoms with van der Waals surface area (Å²) >= 11 is 8.44. The van der Waals surface area contributed by atoms with Crippen LogP contribution < -0.4 is 0 Å². The standard InChI is InChI=1S/C14H18ClIO/c15-13-6-4-5-12(9-13)10-17-14(11-16)7-2-1-3-8-14/h4-6,9H,1-3,7-8,10-11H2. The van der Waals surface area contributed by atoms with E-state index in [-0.39, 0.29) is 5.60 Å². The van der Waals surface area contributed by atoms with Crippen molar-refractivity contribution < 1.29 is 4.74 Å². The van der Waals surface area contributed by atoms with Crippen LogP contribution >= 0.6 is 34.2 Å². The average molecular weight is 365 g/mol. The molecule has 0 spiro atoms. The van der Waals surface area contributed by atoms with Crippen LogP contribution in [0.15, 0.2) is 24.3 Å². The van der Waals surface area contributed by atoms with Crippen LogP contribution in [-0.2, 0) is 11.3 Å². The molecule has 3 heteroatoms. The second kappa shape index (κ2) is 6.39. The molecule has 0 atom stereocenters. The molecule has 94 valence electrons. The first-order valence-corrected chi connectivity index (χ1v) is 8.09. The van der Waals surface area contributed by atoms with E-state index in [9.17, 15) is 0 Å². The zero-order chi connectivity index (χ0) is 12.1. The number of halogens is 2. The van der Waals surface area contributed by atoms with E-state index in [1.807, 2.05) is 18.2 Å². The lowest BCUT2D eigenvalue weighted by molar-refractivity contribution is -0.0607. The van der Waals surface area contributed by atoms with Gasteiger partial charge in [-0.15, -0.1) is 0 Å². The SMILES string of the molecule is Clc1cccc(COC2(CI)CCCCC2)c1. The molecule has 1 fully saturated rings. The highest BCUT2D eigenvalue weighted by molar-refractivity contribution is 14.1. The first-order chi connectivity index (χ1) is 8.24. The van der Waals surface area contributed by atoms with Gasteiger partial charge in [-0.25, -0.2) is 0 Å². The number of hydrogen-bond acceptors (Lipinski definition) is 1. The zero-order valence-corrected chi connectivity index (χ0v) is 12.8. The molecule has 0 aliphatic heterocycles. The van der Waals surface area contributed by atoms with Crippen LogP contribution in [0.2, 0.25) is 5.02 Å². The largest absolute Gasteiger partial charge is 0.370 e. The lowest BCUT2D eigenvalue weighted by Gasteiger charge is -2.35. The van der Waals surface area contributed by atoms with Gasteiger partial charge in [0.2, 0.25) is 0 Å². The predicted molar refractivity (Wildman–Crippen MR) is 80.9 cm³/mol. The smallest absolute Gasteiger partial charge is 0.0776 e. The van der Waals surface area contributed by atoms with Gasteiger partial charge >= 0.3 is 0 Å². The number of alkyl halides is 1. The first kappa shape index (κ1) is 13.6.